The summed E-state index contributed by atoms with van der Waals surface area (Å²) in [7, 11) is 4.06. The third kappa shape index (κ3) is 2.96. The van der Waals surface area contributed by atoms with Crippen LogP contribution in [-0.4, -0.2) is 63.4 Å². The molecule has 2 aromatic heterocycles. The lowest BCUT2D eigenvalue weighted by molar-refractivity contribution is -0.0626. The van der Waals surface area contributed by atoms with Crippen LogP contribution in [0.1, 0.15) is 39.9 Å². The number of aryl methyl sites for hydroxylation is 2. The van der Waals surface area contributed by atoms with Crippen molar-refractivity contribution >= 4 is 5.91 Å². The normalized spacial score (nSPS) is 23.6. The molecule has 2 aromatic rings. The highest BCUT2D eigenvalue weighted by atomic mass is 16.5. The molecular formula is C17H24N6O2. The van der Waals surface area contributed by atoms with E-state index >= 15 is 0 Å². The number of likely N-dealkylation sites (N-methyl/N-ethyl adjacent to an activating group) is 1. The predicted octanol–water partition coefficient (Wildman–Crippen LogP) is 0.434. The quantitative estimate of drug-likeness (QED) is 0.840. The average molecular weight is 344 g/mol. The van der Waals surface area contributed by atoms with Gasteiger partial charge in [-0.1, -0.05) is 0 Å². The Kier molecular flexibility index (Phi) is 4.30. The average Bonchev–Trinajstić information content (AvgIpc) is 3.29. The van der Waals surface area contributed by atoms with Crippen LogP contribution in [0.2, 0.25) is 0 Å². The topological polar surface area (TPSA) is 88.1 Å². The van der Waals surface area contributed by atoms with Gasteiger partial charge in [-0.2, -0.15) is 5.10 Å². The fourth-order valence-corrected chi connectivity index (χ4v) is 3.89. The highest BCUT2D eigenvalue weighted by Gasteiger charge is 2.34. The second-order valence-corrected chi connectivity index (χ2v) is 6.86. The molecule has 1 fully saturated rings. The van der Waals surface area contributed by atoms with E-state index in [4.69, 9.17) is 4.74 Å². The van der Waals surface area contributed by atoms with E-state index in [9.17, 15) is 4.79 Å². The van der Waals surface area contributed by atoms with Crippen LogP contribution in [0.3, 0.4) is 0 Å². The Bertz CT molecular complexity index is 767. The van der Waals surface area contributed by atoms with E-state index in [-0.39, 0.29) is 18.1 Å². The fourth-order valence-electron chi connectivity index (χ4n) is 3.89. The number of carbonyl (C=O) groups is 1. The van der Waals surface area contributed by atoms with Crippen molar-refractivity contribution in [1.82, 2.24) is 30.0 Å². The van der Waals surface area contributed by atoms with Crippen LogP contribution < -0.4 is 5.32 Å². The van der Waals surface area contributed by atoms with Crippen molar-refractivity contribution in [2.24, 2.45) is 7.05 Å². The number of hydrogen-bond acceptors (Lipinski definition) is 5. The molecule has 4 rings (SSSR count). The molecule has 2 aliphatic rings. The molecule has 8 nitrogen and oxygen atoms in total. The summed E-state index contributed by atoms with van der Waals surface area (Å²) in [5.74, 6) is -0.125. The van der Waals surface area contributed by atoms with E-state index in [2.05, 4.69) is 32.4 Å². The Morgan fingerprint density at radius 2 is 2.32 bits per heavy atom. The lowest BCUT2D eigenvalue weighted by atomic mass is 10.0. The summed E-state index contributed by atoms with van der Waals surface area (Å²) in [5, 5.41) is 10.2. The van der Waals surface area contributed by atoms with Gasteiger partial charge in [-0.15, -0.1) is 0 Å². The number of nitrogens with one attached hydrogen (secondary N) is 2. The second-order valence-electron chi connectivity index (χ2n) is 6.86. The van der Waals surface area contributed by atoms with Crippen LogP contribution in [-0.2, 0) is 24.6 Å². The van der Waals surface area contributed by atoms with Gasteiger partial charge in [0.15, 0.2) is 5.69 Å². The first kappa shape index (κ1) is 16.3. The van der Waals surface area contributed by atoms with E-state index in [0.717, 1.165) is 42.8 Å². The molecule has 0 radical (unpaired) electrons. The number of rotatable bonds is 4. The summed E-state index contributed by atoms with van der Waals surface area (Å²) in [6.07, 6.45) is 6.53. The lowest BCUT2D eigenvalue weighted by Crippen LogP contribution is -2.48. The Labute approximate surface area is 146 Å². The zero-order valence-electron chi connectivity index (χ0n) is 14.7. The first-order valence-corrected chi connectivity index (χ1v) is 8.77. The van der Waals surface area contributed by atoms with E-state index < -0.39 is 0 Å². The van der Waals surface area contributed by atoms with Gasteiger partial charge in [0.1, 0.15) is 0 Å². The molecule has 8 heteroatoms. The summed E-state index contributed by atoms with van der Waals surface area (Å²) in [4.78, 5) is 19.0. The summed E-state index contributed by atoms with van der Waals surface area (Å²) in [6, 6.07) is 0.0615. The maximum absolute atomic E-state index is 12.6. The first-order valence-electron chi connectivity index (χ1n) is 8.77. The minimum absolute atomic E-state index is 0.0615. The van der Waals surface area contributed by atoms with Gasteiger partial charge in [0.2, 0.25) is 0 Å². The van der Waals surface area contributed by atoms with Gasteiger partial charge in [-0.3, -0.25) is 14.8 Å². The fraction of sp³-hybridized carbons (Fsp3) is 0.588. The van der Waals surface area contributed by atoms with Gasteiger partial charge in [-0.25, -0.2) is 4.98 Å². The molecule has 0 bridgehead atoms. The Morgan fingerprint density at radius 3 is 3.12 bits per heavy atom. The number of H-pyrrole nitrogens is 1. The standard InChI is InChI=1S/C17H24N6O2/c1-22-6-7-25-14(16(22)13-8-18-10-23(13)2)9-19-17(24)15-11-4-3-5-12(11)20-21-15/h8,10,14,16H,3-7,9H2,1-2H3,(H,19,24)(H,20,21)/t14-,16-/m0/s1. The number of aromatic amines is 1. The molecule has 2 atom stereocenters. The monoisotopic (exact) mass is 344 g/mol. The zero-order valence-corrected chi connectivity index (χ0v) is 14.7. The molecule has 1 saturated heterocycles. The molecule has 0 aromatic carbocycles. The summed E-state index contributed by atoms with van der Waals surface area (Å²) in [5.41, 5.74) is 3.80. The molecule has 0 spiro atoms. The number of amides is 1. The van der Waals surface area contributed by atoms with Crippen molar-refractivity contribution in [3.63, 3.8) is 0 Å². The van der Waals surface area contributed by atoms with Crippen molar-refractivity contribution in [2.75, 3.05) is 26.7 Å². The van der Waals surface area contributed by atoms with Crippen molar-refractivity contribution in [3.05, 3.63) is 35.2 Å². The van der Waals surface area contributed by atoms with Gasteiger partial charge in [0.05, 0.1) is 30.8 Å². The van der Waals surface area contributed by atoms with E-state index in [1.807, 2.05) is 17.8 Å². The third-order valence-electron chi connectivity index (χ3n) is 5.25. The molecule has 0 unspecified atom stereocenters. The van der Waals surface area contributed by atoms with Crippen LogP contribution in [0.5, 0.6) is 0 Å². The molecule has 25 heavy (non-hydrogen) atoms. The molecule has 1 amide bonds. The summed E-state index contributed by atoms with van der Waals surface area (Å²) < 4.78 is 7.98. The highest BCUT2D eigenvalue weighted by molar-refractivity contribution is 5.94. The number of nitrogens with zero attached hydrogens (tertiary/aromatic N) is 4. The molecule has 2 N–H and O–H groups in total. The zero-order chi connectivity index (χ0) is 17.4. The molecule has 1 aliphatic heterocycles. The molecule has 0 saturated carbocycles. The predicted molar refractivity (Wildman–Crippen MR) is 91.3 cm³/mol. The number of hydrogen-bond donors (Lipinski definition) is 2. The minimum Gasteiger partial charge on any atom is -0.373 e. The van der Waals surface area contributed by atoms with E-state index in [1.165, 1.54) is 0 Å². The SMILES string of the molecule is CN1CCO[C@@H](CNC(=O)c2n[nH]c3c2CCC3)[C@@H]1c1cncn1C. The molecule has 134 valence electrons. The summed E-state index contributed by atoms with van der Waals surface area (Å²) >= 11 is 0. The molecule has 3 heterocycles. The van der Waals surface area contributed by atoms with Crippen LogP contribution in [0.15, 0.2) is 12.5 Å². The first-order chi connectivity index (χ1) is 12.1. The van der Waals surface area contributed by atoms with Crippen molar-refractivity contribution < 1.29 is 9.53 Å². The van der Waals surface area contributed by atoms with Gasteiger partial charge in [0, 0.05) is 37.6 Å². The van der Waals surface area contributed by atoms with Gasteiger partial charge < -0.3 is 14.6 Å². The second kappa shape index (κ2) is 6.61. The number of fused-ring (bicyclic) bond motifs is 1. The van der Waals surface area contributed by atoms with Crippen LogP contribution in [0.4, 0.5) is 0 Å². The lowest BCUT2D eigenvalue weighted by Gasteiger charge is -2.39. The number of carbonyl (C=O) groups excluding carboxylic acids is 1. The Balaban J connectivity index is 1.47. The summed E-state index contributed by atoms with van der Waals surface area (Å²) in [6.45, 7) is 1.96. The largest absolute Gasteiger partial charge is 0.373 e. The van der Waals surface area contributed by atoms with Crippen LogP contribution in [0, 0.1) is 0 Å². The highest BCUT2D eigenvalue weighted by Crippen LogP contribution is 2.28. The van der Waals surface area contributed by atoms with Gasteiger partial charge in [0.25, 0.3) is 5.91 Å². The van der Waals surface area contributed by atoms with Crippen molar-refractivity contribution in [3.8, 4) is 0 Å². The number of morpholine rings is 1. The van der Waals surface area contributed by atoms with Crippen molar-refractivity contribution in [1.29, 1.82) is 0 Å². The Morgan fingerprint density at radius 1 is 1.44 bits per heavy atom. The maximum atomic E-state index is 12.6. The van der Waals surface area contributed by atoms with Crippen molar-refractivity contribution in [2.45, 2.75) is 31.4 Å². The minimum atomic E-state index is -0.125. The molecule has 1 aliphatic carbocycles. The number of imidazole rings is 1. The smallest absolute Gasteiger partial charge is 0.272 e. The van der Waals surface area contributed by atoms with Crippen LogP contribution in [0.25, 0.3) is 0 Å². The Hall–Kier alpha value is -2.19. The molecular weight excluding hydrogens is 320 g/mol. The number of aromatic nitrogens is 4. The van der Waals surface area contributed by atoms with E-state index in [0.29, 0.717) is 18.8 Å². The number of ether oxygens (including phenoxy) is 1. The third-order valence-corrected chi connectivity index (χ3v) is 5.25. The van der Waals surface area contributed by atoms with Gasteiger partial charge >= 0.3 is 0 Å². The van der Waals surface area contributed by atoms with E-state index in [1.54, 1.807) is 6.33 Å². The maximum Gasteiger partial charge on any atom is 0.272 e. The van der Waals surface area contributed by atoms with Gasteiger partial charge in [-0.05, 0) is 26.3 Å². The van der Waals surface area contributed by atoms with Crippen LogP contribution >= 0.6 is 0 Å².